The van der Waals surface area contributed by atoms with Crippen LogP contribution in [0.25, 0.3) is 11.1 Å². The summed E-state index contributed by atoms with van der Waals surface area (Å²) in [6, 6.07) is 14.5. The number of hydrogen-bond donors (Lipinski definition) is 4. The van der Waals surface area contributed by atoms with Crippen molar-refractivity contribution in [3.8, 4) is 11.1 Å². The summed E-state index contributed by atoms with van der Waals surface area (Å²) in [4.78, 5) is 36.7. The summed E-state index contributed by atoms with van der Waals surface area (Å²) in [5.74, 6) is -2.20. The zero-order valence-corrected chi connectivity index (χ0v) is 18.5. The van der Waals surface area contributed by atoms with E-state index in [-0.39, 0.29) is 25.6 Å². The second-order valence-corrected chi connectivity index (χ2v) is 8.09. The highest BCUT2D eigenvalue weighted by atomic mass is 16.5. The number of hydrogen-bond acceptors (Lipinski definition) is 6. The maximum Gasteiger partial charge on any atom is 0.408 e. The first kappa shape index (κ1) is 24.2. The molecule has 9 nitrogen and oxygen atoms in total. The molecule has 2 unspecified atom stereocenters. The molecule has 3 rings (SSSR count). The number of rotatable bonds is 10. The van der Waals surface area contributed by atoms with E-state index in [1.165, 1.54) is 14.0 Å². The Balaban J connectivity index is 1.69. The SMILES string of the molecule is COCC(C)(NC(=O)OCC1c2ccccc2-c2ccccc21)C(=O)NC(CCO)C(=O)O. The second-order valence-electron chi connectivity index (χ2n) is 8.09. The lowest BCUT2D eigenvalue weighted by atomic mass is 9.98. The van der Waals surface area contributed by atoms with Crippen LogP contribution in [-0.2, 0) is 19.1 Å². The topological polar surface area (TPSA) is 134 Å². The zero-order chi connectivity index (χ0) is 24.0. The van der Waals surface area contributed by atoms with Gasteiger partial charge in [0.05, 0.1) is 6.61 Å². The number of aliphatic hydroxyl groups is 1. The predicted octanol–water partition coefficient (Wildman–Crippen LogP) is 1.88. The Labute approximate surface area is 191 Å². The van der Waals surface area contributed by atoms with Crippen LogP contribution in [0.3, 0.4) is 0 Å². The van der Waals surface area contributed by atoms with Crippen molar-refractivity contribution >= 4 is 18.0 Å². The lowest BCUT2D eigenvalue weighted by Gasteiger charge is -2.30. The molecule has 0 fully saturated rings. The quantitative estimate of drug-likeness (QED) is 0.429. The van der Waals surface area contributed by atoms with Gasteiger partial charge in [-0.1, -0.05) is 48.5 Å². The van der Waals surface area contributed by atoms with E-state index in [0.717, 1.165) is 22.3 Å². The number of ether oxygens (including phenoxy) is 2. The summed E-state index contributed by atoms with van der Waals surface area (Å²) >= 11 is 0. The predicted molar refractivity (Wildman–Crippen MR) is 120 cm³/mol. The van der Waals surface area contributed by atoms with Crippen LogP contribution in [-0.4, -0.2) is 66.7 Å². The van der Waals surface area contributed by atoms with Crippen LogP contribution in [0.5, 0.6) is 0 Å². The molecule has 176 valence electrons. The summed E-state index contributed by atoms with van der Waals surface area (Å²) in [5.41, 5.74) is 2.71. The molecule has 2 aromatic carbocycles. The molecule has 0 aromatic heterocycles. The Bertz CT molecular complexity index is 980. The van der Waals surface area contributed by atoms with Gasteiger partial charge in [0, 0.05) is 26.1 Å². The molecular formula is C24H28N2O7. The van der Waals surface area contributed by atoms with Crippen molar-refractivity contribution in [1.29, 1.82) is 0 Å². The van der Waals surface area contributed by atoms with Crippen molar-refractivity contribution in [2.75, 3.05) is 26.9 Å². The van der Waals surface area contributed by atoms with Crippen molar-refractivity contribution in [2.45, 2.75) is 30.8 Å². The van der Waals surface area contributed by atoms with E-state index in [1.807, 2.05) is 48.5 Å². The summed E-state index contributed by atoms with van der Waals surface area (Å²) in [6.45, 7) is 0.838. The van der Waals surface area contributed by atoms with E-state index in [2.05, 4.69) is 10.6 Å². The zero-order valence-electron chi connectivity index (χ0n) is 18.5. The first-order valence-corrected chi connectivity index (χ1v) is 10.6. The molecule has 1 aliphatic rings. The van der Waals surface area contributed by atoms with Gasteiger partial charge in [-0.25, -0.2) is 9.59 Å². The number of alkyl carbamates (subject to hydrolysis) is 1. The van der Waals surface area contributed by atoms with Gasteiger partial charge < -0.3 is 30.3 Å². The molecule has 0 saturated carbocycles. The fraction of sp³-hybridized carbons (Fsp3) is 0.375. The van der Waals surface area contributed by atoms with Gasteiger partial charge in [-0.15, -0.1) is 0 Å². The van der Waals surface area contributed by atoms with Crippen molar-refractivity contribution in [2.24, 2.45) is 0 Å². The molecule has 0 aliphatic heterocycles. The molecule has 9 heteroatoms. The van der Waals surface area contributed by atoms with Gasteiger partial charge in [-0.2, -0.15) is 0 Å². The number of carbonyl (C=O) groups excluding carboxylic acids is 2. The molecule has 0 spiro atoms. The number of nitrogens with one attached hydrogen (secondary N) is 2. The number of carboxylic acids is 1. The Morgan fingerprint density at radius 1 is 1.06 bits per heavy atom. The number of aliphatic hydroxyl groups excluding tert-OH is 1. The maximum atomic E-state index is 12.8. The summed E-state index contributed by atoms with van der Waals surface area (Å²) in [6.07, 6.45) is -1.00. The molecule has 1 aliphatic carbocycles. The summed E-state index contributed by atoms with van der Waals surface area (Å²) in [5, 5.41) is 23.1. The lowest BCUT2D eigenvalue weighted by Crippen LogP contribution is -2.62. The molecule has 0 radical (unpaired) electrons. The van der Waals surface area contributed by atoms with E-state index in [1.54, 1.807) is 0 Å². The van der Waals surface area contributed by atoms with E-state index < -0.39 is 36.2 Å². The van der Waals surface area contributed by atoms with Gasteiger partial charge in [0.1, 0.15) is 18.2 Å². The van der Waals surface area contributed by atoms with Gasteiger partial charge in [0.2, 0.25) is 5.91 Å². The number of methoxy groups -OCH3 is 1. The average Bonchev–Trinajstić information content (AvgIpc) is 3.11. The monoisotopic (exact) mass is 456 g/mol. The Morgan fingerprint density at radius 2 is 1.64 bits per heavy atom. The first-order valence-electron chi connectivity index (χ1n) is 10.6. The third kappa shape index (κ3) is 5.32. The van der Waals surface area contributed by atoms with Gasteiger partial charge in [-0.3, -0.25) is 4.79 Å². The Kier molecular flexibility index (Phi) is 7.67. The van der Waals surface area contributed by atoms with Gasteiger partial charge in [-0.05, 0) is 29.2 Å². The van der Waals surface area contributed by atoms with Crippen LogP contribution in [0.4, 0.5) is 4.79 Å². The molecule has 0 saturated heterocycles. The fourth-order valence-corrected chi connectivity index (χ4v) is 4.01. The summed E-state index contributed by atoms with van der Waals surface area (Å²) in [7, 11) is 1.35. The highest BCUT2D eigenvalue weighted by molar-refractivity contribution is 5.92. The fourth-order valence-electron chi connectivity index (χ4n) is 4.01. The number of carbonyl (C=O) groups is 3. The van der Waals surface area contributed by atoms with Crippen molar-refractivity contribution < 1.29 is 34.1 Å². The van der Waals surface area contributed by atoms with Gasteiger partial charge >= 0.3 is 12.1 Å². The second kappa shape index (κ2) is 10.5. The van der Waals surface area contributed by atoms with Crippen LogP contribution in [0.1, 0.15) is 30.4 Å². The normalized spacial score (nSPS) is 15.0. The first-order chi connectivity index (χ1) is 15.8. The largest absolute Gasteiger partial charge is 0.480 e. The van der Waals surface area contributed by atoms with Crippen LogP contribution >= 0.6 is 0 Å². The molecular weight excluding hydrogens is 428 g/mol. The van der Waals surface area contributed by atoms with Crippen LogP contribution in [0, 0.1) is 0 Å². The van der Waals surface area contributed by atoms with Gasteiger partial charge in [0.15, 0.2) is 0 Å². The molecule has 33 heavy (non-hydrogen) atoms. The number of benzene rings is 2. The van der Waals surface area contributed by atoms with Crippen molar-refractivity contribution in [3.63, 3.8) is 0 Å². The molecule has 4 N–H and O–H groups in total. The minimum Gasteiger partial charge on any atom is -0.480 e. The minimum absolute atomic E-state index is 0.0623. The number of fused-ring (bicyclic) bond motifs is 3. The molecule has 2 aromatic rings. The lowest BCUT2D eigenvalue weighted by molar-refractivity contribution is -0.143. The number of aliphatic carboxylic acids is 1. The third-order valence-electron chi connectivity index (χ3n) is 5.68. The molecule has 0 heterocycles. The summed E-state index contributed by atoms with van der Waals surface area (Å²) < 4.78 is 10.6. The van der Waals surface area contributed by atoms with Gasteiger partial charge in [0.25, 0.3) is 0 Å². The average molecular weight is 456 g/mol. The van der Waals surface area contributed by atoms with E-state index in [0.29, 0.717) is 0 Å². The highest BCUT2D eigenvalue weighted by Gasteiger charge is 2.38. The maximum absolute atomic E-state index is 12.8. The number of carboxylic acid groups (broad SMARTS) is 1. The van der Waals surface area contributed by atoms with Crippen molar-refractivity contribution in [3.05, 3.63) is 59.7 Å². The van der Waals surface area contributed by atoms with Crippen LogP contribution in [0.2, 0.25) is 0 Å². The number of amides is 2. The minimum atomic E-state index is -1.58. The van der Waals surface area contributed by atoms with Crippen LogP contribution < -0.4 is 10.6 Å². The highest BCUT2D eigenvalue weighted by Crippen LogP contribution is 2.44. The smallest absolute Gasteiger partial charge is 0.408 e. The standard InChI is InChI=1S/C24H28N2O7/c1-24(14-32-2,22(30)25-20(11-12-27)21(28)29)26-23(31)33-13-19-17-9-5-3-7-15(17)16-8-4-6-10-18(16)19/h3-10,19-20,27H,11-14H2,1-2H3,(H,25,30)(H,26,31)(H,28,29). The Hall–Kier alpha value is -3.43. The van der Waals surface area contributed by atoms with E-state index in [4.69, 9.17) is 14.6 Å². The van der Waals surface area contributed by atoms with Crippen LogP contribution in [0.15, 0.2) is 48.5 Å². The van der Waals surface area contributed by atoms with Crippen molar-refractivity contribution in [1.82, 2.24) is 10.6 Å². The molecule has 2 amide bonds. The van der Waals surface area contributed by atoms with E-state index >= 15 is 0 Å². The molecule has 0 bridgehead atoms. The third-order valence-corrected chi connectivity index (χ3v) is 5.68. The Morgan fingerprint density at radius 3 is 2.15 bits per heavy atom. The molecule has 2 atom stereocenters. The van der Waals surface area contributed by atoms with E-state index in [9.17, 15) is 19.5 Å².